The van der Waals surface area contributed by atoms with Crippen molar-refractivity contribution in [3.63, 3.8) is 0 Å². The Morgan fingerprint density at radius 3 is 2.00 bits per heavy atom. The highest BCUT2D eigenvalue weighted by atomic mass is 32.3. The fourth-order valence-corrected chi connectivity index (χ4v) is 3.48. The van der Waals surface area contributed by atoms with Gasteiger partial charge in [0, 0.05) is 0 Å². The van der Waals surface area contributed by atoms with Crippen LogP contribution in [0.5, 0.6) is 0 Å². The zero-order valence-corrected chi connectivity index (χ0v) is 9.72. The quantitative estimate of drug-likeness (QED) is 0.861. The van der Waals surface area contributed by atoms with Gasteiger partial charge in [0.15, 0.2) is 15.7 Å². The molecule has 4 nitrogen and oxygen atoms in total. The minimum absolute atomic E-state index is 0.384. The van der Waals surface area contributed by atoms with Crippen LogP contribution in [0.4, 0.5) is 13.2 Å². The summed E-state index contributed by atoms with van der Waals surface area (Å²) in [6.07, 6.45) is 0. The highest BCUT2D eigenvalue weighted by Gasteiger charge is 2.53. The first kappa shape index (κ1) is 14.1. The summed E-state index contributed by atoms with van der Waals surface area (Å²) in [6, 6.07) is 6.09. The van der Waals surface area contributed by atoms with Crippen LogP contribution in [0.25, 0.3) is 0 Å². The van der Waals surface area contributed by atoms with Gasteiger partial charge in [-0.1, -0.05) is 30.3 Å². The third kappa shape index (κ3) is 2.85. The highest BCUT2D eigenvalue weighted by molar-refractivity contribution is 8.04. The summed E-state index contributed by atoms with van der Waals surface area (Å²) in [5, 5.41) is 0. The fraction of sp³-hybridized carbons (Fsp3) is 0.250. The number of sulfone groups is 1. The summed E-state index contributed by atoms with van der Waals surface area (Å²) in [4.78, 5) is 0. The van der Waals surface area contributed by atoms with Gasteiger partial charge in [-0.05, 0) is 5.56 Å². The van der Waals surface area contributed by atoms with Gasteiger partial charge in [-0.15, -0.1) is 0 Å². The first-order valence-corrected chi connectivity index (χ1v) is 6.84. The molecule has 1 rings (SSSR count). The monoisotopic (exact) mass is 288 g/mol. The second-order valence-electron chi connectivity index (χ2n) is 3.01. The lowest BCUT2D eigenvalue weighted by Crippen LogP contribution is -2.31. The van der Waals surface area contributed by atoms with Gasteiger partial charge < -0.3 is 4.55 Å². The van der Waals surface area contributed by atoms with Crippen molar-refractivity contribution in [3.05, 3.63) is 35.9 Å². The maximum atomic E-state index is 12.3. The number of hydrogen-bond acceptors (Lipinski definition) is 3. The molecule has 0 bridgehead atoms. The number of alkyl halides is 3. The molecule has 0 aliphatic heterocycles. The Labute approximate surface area is 97.7 Å². The summed E-state index contributed by atoms with van der Waals surface area (Å²) in [5.41, 5.74) is -5.96. The lowest BCUT2D eigenvalue weighted by Gasteiger charge is -2.16. The van der Waals surface area contributed by atoms with E-state index >= 15 is 0 Å². The van der Waals surface area contributed by atoms with Crippen LogP contribution >= 0.6 is 0 Å². The summed E-state index contributed by atoms with van der Waals surface area (Å²) in [5.74, 6) is 0. The molecule has 0 aliphatic carbocycles. The molecule has 0 aromatic heterocycles. The fourth-order valence-electron chi connectivity index (χ4n) is 1.14. The van der Waals surface area contributed by atoms with Crippen molar-refractivity contribution >= 4 is 20.9 Å². The molecule has 1 aromatic rings. The Morgan fingerprint density at radius 1 is 1.18 bits per heavy atom. The molecule has 0 aliphatic rings. The minimum Gasteiger partial charge on any atom is -0.305 e. The topological polar surface area (TPSA) is 71.4 Å². The first-order chi connectivity index (χ1) is 7.68. The average Bonchev–Trinajstić information content (AvgIpc) is 2.16. The van der Waals surface area contributed by atoms with Crippen LogP contribution in [0, 0.1) is 0 Å². The molecule has 1 N–H and O–H groups in total. The lowest BCUT2D eigenvalue weighted by molar-refractivity contribution is -0.0439. The number of benzene rings is 1. The number of halogens is 3. The van der Waals surface area contributed by atoms with Crippen molar-refractivity contribution < 1.29 is 30.4 Å². The van der Waals surface area contributed by atoms with Gasteiger partial charge in [0.1, 0.15) is 0 Å². The standard InChI is InChI=1S/C8H7F3O4S2/c9-8(10,11)17(14,15)7(16(12)13)6-4-2-1-3-5-6/h1-5,7H,(H,12,13). The summed E-state index contributed by atoms with van der Waals surface area (Å²) >= 11 is -3.18. The van der Waals surface area contributed by atoms with Crippen LogP contribution in [0.2, 0.25) is 0 Å². The Kier molecular flexibility index (Phi) is 3.95. The minimum atomic E-state index is -5.74. The summed E-state index contributed by atoms with van der Waals surface area (Å²) in [7, 11) is -5.74. The van der Waals surface area contributed by atoms with E-state index in [0.29, 0.717) is 0 Å². The number of hydrogen-bond donors (Lipinski definition) is 1. The van der Waals surface area contributed by atoms with Crippen molar-refractivity contribution in [2.75, 3.05) is 0 Å². The Hall–Kier alpha value is -0.930. The summed E-state index contributed by atoms with van der Waals surface area (Å²) < 4.78 is 76.2. The molecule has 0 fully saturated rings. The second-order valence-corrected chi connectivity index (χ2v) is 6.36. The zero-order chi connectivity index (χ0) is 13.3. The van der Waals surface area contributed by atoms with Crippen LogP contribution in [0.1, 0.15) is 10.1 Å². The van der Waals surface area contributed by atoms with Crippen LogP contribution in [0.3, 0.4) is 0 Å². The van der Waals surface area contributed by atoms with E-state index in [0.717, 1.165) is 12.1 Å². The van der Waals surface area contributed by atoms with Crippen molar-refractivity contribution in [3.8, 4) is 0 Å². The Balaban J connectivity index is 3.36. The third-order valence-electron chi connectivity index (χ3n) is 1.86. The van der Waals surface area contributed by atoms with Crippen LogP contribution in [-0.2, 0) is 20.9 Å². The lowest BCUT2D eigenvalue weighted by atomic mass is 10.2. The Bertz CT molecular complexity index is 509. The smallest absolute Gasteiger partial charge is 0.305 e. The SMILES string of the molecule is O=S(O)C(c1ccccc1)S(=O)(=O)C(F)(F)F. The van der Waals surface area contributed by atoms with Gasteiger partial charge in [-0.3, -0.25) is 0 Å². The van der Waals surface area contributed by atoms with Crippen molar-refractivity contribution in [2.24, 2.45) is 0 Å². The van der Waals surface area contributed by atoms with E-state index in [-0.39, 0.29) is 5.56 Å². The molecule has 0 saturated carbocycles. The van der Waals surface area contributed by atoms with Gasteiger partial charge in [-0.25, -0.2) is 12.6 Å². The molecule has 96 valence electrons. The van der Waals surface area contributed by atoms with Crippen molar-refractivity contribution in [1.29, 1.82) is 0 Å². The van der Waals surface area contributed by atoms with Crippen molar-refractivity contribution in [1.82, 2.24) is 0 Å². The molecule has 2 atom stereocenters. The van der Waals surface area contributed by atoms with E-state index in [1.807, 2.05) is 0 Å². The van der Waals surface area contributed by atoms with Crippen LogP contribution in [0.15, 0.2) is 30.3 Å². The van der Waals surface area contributed by atoms with Gasteiger partial charge in [0.25, 0.3) is 9.84 Å². The van der Waals surface area contributed by atoms with Gasteiger partial charge in [0.2, 0.25) is 0 Å². The normalized spacial score (nSPS) is 16.5. The third-order valence-corrected chi connectivity index (χ3v) is 5.23. The first-order valence-electron chi connectivity index (χ1n) is 4.12. The molecule has 1 aromatic carbocycles. The molecule has 9 heteroatoms. The molecule has 0 saturated heterocycles. The summed E-state index contributed by atoms with van der Waals surface area (Å²) in [6.45, 7) is 0. The molecular formula is C8H7F3O4S2. The maximum Gasteiger partial charge on any atom is 0.499 e. The van der Waals surface area contributed by atoms with Crippen LogP contribution < -0.4 is 0 Å². The van der Waals surface area contributed by atoms with Gasteiger partial charge in [-0.2, -0.15) is 13.2 Å². The van der Waals surface area contributed by atoms with Gasteiger partial charge in [0.05, 0.1) is 0 Å². The number of rotatable bonds is 3. The second kappa shape index (κ2) is 4.75. The van der Waals surface area contributed by atoms with E-state index in [2.05, 4.69) is 0 Å². The average molecular weight is 288 g/mol. The van der Waals surface area contributed by atoms with Crippen LogP contribution in [-0.4, -0.2) is 22.7 Å². The van der Waals surface area contributed by atoms with E-state index in [1.54, 1.807) is 0 Å². The Morgan fingerprint density at radius 2 is 1.65 bits per heavy atom. The van der Waals surface area contributed by atoms with E-state index < -0.39 is 31.0 Å². The van der Waals surface area contributed by atoms with Gasteiger partial charge >= 0.3 is 5.51 Å². The predicted octanol–water partition coefficient (Wildman–Crippen LogP) is 1.84. The predicted molar refractivity (Wildman–Crippen MR) is 54.9 cm³/mol. The maximum absolute atomic E-state index is 12.3. The van der Waals surface area contributed by atoms with Crippen molar-refractivity contribution in [2.45, 2.75) is 10.1 Å². The highest BCUT2D eigenvalue weighted by Crippen LogP contribution is 2.37. The zero-order valence-electron chi connectivity index (χ0n) is 8.09. The van der Waals surface area contributed by atoms with E-state index in [9.17, 15) is 25.8 Å². The largest absolute Gasteiger partial charge is 0.499 e. The molecular weight excluding hydrogens is 281 g/mol. The van der Waals surface area contributed by atoms with E-state index in [4.69, 9.17) is 4.55 Å². The molecule has 17 heavy (non-hydrogen) atoms. The van der Waals surface area contributed by atoms with E-state index in [1.165, 1.54) is 18.2 Å². The molecule has 0 spiro atoms. The molecule has 0 radical (unpaired) electrons. The molecule has 0 amide bonds. The molecule has 0 heterocycles. The molecule has 2 unspecified atom stereocenters.